The summed E-state index contributed by atoms with van der Waals surface area (Å²) in [6.07, 6.45) is 5.36. The molecule has 3 aromatic rings. The molecule has 0 aliphatic carbocycles. The van der Waals surface area contributed by atoms with Crippen molar-refractivity contribution >= 4 is 23.5 Å². The molecule has 0 atom stereocenters. The number of carbonyl (C=O) groups is 2. The summed E-state index contributed by atoms with van der Waals surface area (Å²) in [5.41, 5.74) is 2.44. The third kappa shape index (κ3) is 3.37. The zero-order valence-electron chi connectivity index (χ0n) is 14.7. The van der Waals surface area contributed by atoms with Crippen molar-refractivity contribution in [1.29, 1.82) is 0 Å². The van der Waals surface area contributed by atoms with Crippen molar-refractivity contribution in [3.8, 4) is 5.75 Å². The summed E-state index contributed by atoms with van der Waals surface area (Å²) in [5, 5.41) is 2.38. The molecule has 0 saturated heterocycles. The third-order valence-corrected chi connectivity index (χ3v) is 4.41. The van der Waals surface area contributed by atoms with Gasteiger partial charge in [0.2, 0.25) is 0 Å². The van der Waals surface area contributed by atoms with Crippen LogP contribution in [0.25, 0.3) is 11.6 Å². The number of carbonyl (C=O) groups excluding carboxylic acids is 2. The molecule has 1 aliphatic rings. The van der Waals surface area contributed by atoms with Crippen LogP contribution < -0.4 is 10.1 Å². The van der Waals surface area contributed by atoms with Gasteiger partial charge in [0.15, 0.2) is 0 Å². The van der Waals surface area contributed by atoms with Crippen LogP contribution in [0.2, 0.25) is 0 Å². The first-order valence-corrected chi connectivity index (χ1v) is 8.47. The van der Waals surface area contributed by atoms with Gasteiger partial charge < -0.3 is 9.30 Å². The predicted octanol–water partition coefficient (Wildman–Crippen LogP) is 2.81. The highest BCUT2D eigenvalue weighted by Gasteiger charge is 2.26. The smallest absolute Gasteiger partial charge is 0.258 e. The van der Waals surface area contributed by atoms with E-state index in [1.165, 1.54) is 0 Å². The SMILES string of the molecule is Cn1ccnc1COc1ccc(/C=C2/C(=O)NC(=O)c3ccccc32)cc1. The number of aromatic nitrogens is 2. The number of fused-ring (bicyclic) bond motifs is 1. The predicted molar refractivity (Wildman–Crippen MR) is 101 cm³/mol. The highest BCUT2D eigenvalue weighted by molar-refractivity contribution is 6.33. The molecule has 134 valence electrons. The van der Waals surface area contributed by atoms with E-state index < -0.39 is 5.91 Å². The quantitative estimate of drug-likeness (QED) is 0.574. The van der Waals surface area contributed by atoms with Gasteiger partial charge in [0.05, 0.1) is 0 Å². The highest BCUT2D eigenvalue weighted by atomic mass is 16.5. The van der Waals surface area contributed by atoms with Gasteiger partial charge in [0.25, 0.3) is 11.8 Å². The summed E-state index contributed by atoms with van der Waals surface area (Å²) >= 11 is 0. The fourth-order valence-electron chi connectivity index (χ4n) is 2.93. The van der Waals surface area contributed by atoms with Crippen molar-refractivity contribution < 1.29 is 14.3 Å². The molecule has 0 bridgehead atoms. The molecule has 6 heteroatoms. The second-order valence-electron chi connectivity index (χ2n) is 6.20. The Hall–Kier alpha value is -3.67. The molecule has 0 spiro atoms. The van der Waals surface area contributed by atoms with E-state index in [2.05, 4.69) is 10.3 Å². The first-order chi connectivity index (χ1) is 13.1. The van der Waals surface area contributed by atoms with Gasteiger partial charge in [-0.15, -0.1) is 0 Å². The van der Waals surface area contributed by atoms with Crippen LogP contribution in [0.4, 0.5) is 0 Å². The van der Waals surface area contributed by atoms with E-state index in [1.807, 2.05) is 48.1 Å². The van der Waals surface area contributed by atoms with Gasteiger partial charge in [0, 0.05) is 30.6 Å². The molecule has 1 aliphatic heterocycles. The molecule has 1 N–H and O–H groups in total. The molecule has 4 rings (SSSR count). The Kier molecular flexibility index (Phi) is 4.30. The van der Waals surface area contributed by atoms with Crippen LogP contribution in [0.1, 0.15) is 27.3 Å². The Balaban J connectivity index is 1.56. The third-order valence-electron chi connectivity index (χ3n) is 4.41. The lowest BCUT2D eigenvalue weighted by atomic mass is 9.93. The lowest BCUT2D eigenvalue weighted by Gasteiger charge is -2.18. The van der Waals surface area contributed by atoms with Crippen LogP contribution in [0.5, 0.6) is 5.75 Å². The van der Waals surface area contributed by atoms with E-state index >= 15 is 0 Å². The largest absolute Gasteiger partial charge is 0.486 e. The Labute approximate surface area is 156 Å². The maximum absolute atomic E-state index is 12.3. The Bertz CT molecular complexity index is 1050. The number of amides is 2. The fraction of sp³-hybridized carbons (Fsp3) is 0.0952. The Morgan fingerprint density at radius 3 is 2.48 bits per heavy atom. The first-order valence-electron chi connectivity index (χ1n) is 8.47. The molecule has 27 heavy (non-hydrogen) atoms. The number of imidazole rings is 1. The van der Waals surface area contributed by atoms with Gasteiger partial charge in [-0.05, 0) is 35.4 Å². The van der Waals surface area contributed by atoms with Crippen molar-refractivity contribution in [3.05, 3.63) is 83.4 Å². The minimum atomic E-state index is -0.395. The second-order valence-corrected chi connectivity index (χ2v) is 6.20. The fourth-order valence-corrected chi connectivity index (χ4v) is 2.93. The number of hydrogen-bond acceptors (Lipinski definition) is 4. The Morgan fingerprint density at radius 1 is 1.04 bits per heavy atom. The molecule has 0 saturated carbocycles. The molecule has 2 heterocycles. The van der Waals surface area contributed by atoms with E-state index in [-0.39, 0.29) is 5.91 Å². The maximum Gasteiger partial charge on any atom is 0.258 e. The van der Waals surface area contributed by atoms with Crippen molar-refractivity contribution in [2.24, 2.45) is 7.05 Å². The summed E-state index contributed by atoms with van der Waals surface area (Å²) in [6.45, 7) is 0.377. The average Bonchev–Trinajstić information content (AvgIpc) is 3.09. The molecular weight excluding hydrogens is 342 g/mol. The van der Waals surface area contributed by atoms with E-state index in [4.69, 9.17) is 4.74 Å². The summed E-state index contributed by atoms with van der Waals surface area (Å²) in [4.78, 5) is 28.4. The van der Waals surface area contributed by atoms with Crippen LogP contribution in [-0.2, 0) is 18.4 Å². The summed E-state index contributed by atoms with van der Waals surface area (Å²) in [7, 11) is 1.92. The minimum absolute atomic E-state index is 0.370. The van der Waals surface area contributed by atoms with Crippen molar-refractivity contribution in [3.63, 3.8) is 0 Å². The van der Waals surface area contributed by atoms with Crippen molar-refractivity contribution in [1.82, 2.24) is 14.9 Å². The lowest BCUT2D eigenvalue weighted by Crippen LogP contribution is -2.36. The highest BCUT2D eigenvalue weighted by Crippen LogP contribution is 2.26. The van der Waals surface area contributed by atoms with Crippen LogP contribution >= 0.6 is 0 Å². The number of hydrogen-bond donors (Lipinski definition) is 1. The lowest BCUT2D eigenvalue weighted by molar-refractivity contribution is -0.114. The van der Waals surface area contributed by atoms with Gasteiger partial charge in [0.1, 0.15) is 18.2 Å². The minimum Gasteiger partial charge on any atom is -0.486 e. The normalized spacial score (nSPS) is 14.8. The van der Waals surface area contributed by atoms with E-state index in [1.54, 1.807) is 30.5 Å². The van der Waals surface area contributed by atoms with Gasteiger partial charge in [-0.25, -0.2) is 4.98 Å². The number of rotatable bonds is 4. The molecule has 2 aromatic carbocycles. The van der Waals surface area contributed by atoms with Crippen molar-refractivity contribution in [2.45, 2.75) is 6.61 Å². The van der Waals surface area contributed by atoms with Crippen LogP contribution in [0.3, 0.4) is 0 Å². The number of imide groups is 1. The molecule has 6 nitrogen and oxygen atoms in total. The Morgan fingerprint density at radius 2 is 1.78 bits per heavy atom. The molecule has 0 unspecified atom stereocenters. The number of nitrogens with one attached hydrogen (secondary N) is 1. The molecular formula is C21H17N3O3. The van der Waals surface area contributed by atoms with Crippen LogP contribution in [0.15, 0.2) is 60.9 Å². The number of ether oxygens (including phenoxy) is 1. The molecule has 2 amide bonds. The molecule has 0 fully saturated rings. The summed E-state index contributed by atoms with van der Waals surface area (Å²) in [5.74, 6) is 0.782. The first kappa shape index (κ1) is 16.8. The topological polar surface area (TPSA) is 73.2 Å². The number of nitrogens with zero attached hydrogens (tertiary/aromatic N) is 2. The zero-order chi connectivity index (χ0) is 18.8. The maximum atomic E-state index is 12.3. The summed E-state index contributed by atoms with van der Waals surface area (Å²) in [6, 6.07) is 14.5. The second kappa shape index (κ2) is 6.92. The van der Waals surface area contributed by atoms with Gasteiger partial charge >= 0.3 is 0 Å². The van der Waals surface area contributed by atoms with Gasteiger partial charge in [-0.2, -0.15) is 0 Å². The molecule has 1 aromatic heterocycles. The van der Waals surface area contributed by atoms with E-state index in [9.17, 15) is 9.59 Å². The van der Waals surface area contributed by atoms with Gasteiger partial charge in [-0.3, -0.25) is 14.9 Å². The number of benzene rings is 2. The van der Waals surface area contributed by atoms with E-state index in [0.29, 0.717) is 29.1 Å². The van der Waals surface area contributed by atoms with Gasteiger partial charge in [-0.1, -0.05) is 30.3 Å². The van der Waals surface area contributed by atoms with E-state index in [0.717, 1.165) is 11.4 Å². The standard InChI is InChI=1S/C21H17N3O3/c1-24-11-10-22-19(24)13-27-15-8-6-14(7-9-15)12-18-16-4-2-3-5-17(16)20(25)23-21(18)26/h2-12H,13H2,1H3,(H,23,25,26)/b18-12+. The molecule has 0 radical (unpaired) electrons. The summed E-state index contributed by atoms with van der Waals surface area (Å²) < 4.78 is 7.64. The monoisotopic (exact) mass is 359 g/mol. The van der Waals surface area contributed by atoms with Crippen molar-refractivity contribution in [2.75, 3.05) is 0 Å². The average molecular weight is 359 g/mol. The zero-order valence-corrected chi connectivity index (χ0v) is 14.7. The van der Waals surface area contributed by atoms with Crippen LogP contribution in [0, 0.1) is 0 Å². The van der Waals surface area contributed by atoms with Crippen LogP contribution in [-0.4, -0.2) is 21.4 Å². The number of aryl methyl sites for hydroxylation is 1.